The third kappa shape index (κ3) is 3.39. The van der Waals surface area contributed by atoms with Crippen LogP contribution in [0.1, 0.15) is 31.1 Å². The molecule has 0 aliphatic carbocycles. The van der Waals surface area contributed by atoms with Gasteiger partial charge in [0.1, 0.15) is 0 Å². The summed E-state index contributed by atoms with van der Waals surface area (Å²) < 4.78 is 0. The van der Waals surface area contributed by atoms with Crippen molar-refractivity contribution in [2.45, 2.75) is 20.8 Å². The smallest absolute Gasteiger partial charge is 0.256 e. The zero-order chi connectivity index (χ0) is 15.5. The SMILES string of the molecule is CCN(CC(C)(C)CN)C(=O)c1cccc2cccnc12. The van der Waals surface area contributed by atoms with Crippen molar-refractivity contribution in [2.24, 2.45) is 11.1 Å². The number of hydrogen-bond acceptors (Lipinski definition) is 3. The zero-order valence-electron chi connectivity index (χ0n) is 13.0. The Labute approximate surface area is 126 Å². The number of fused-ring (bicyclic) bond motifs is 1. The lowest BCUT2D eigenvalue weighted by Crippen LogP contribution is -2.42. The Balaban J connectivity index is 2.36. The van der Waals surface area contributed by atoms with E-state index in [1.54, 1.807) is 6.20 Å². The van der Waals surface area contributed by atoms with E-state index in [0.29, 0.717) is 25.2 Å². The molecular formula is C17H23N3O. The van der Waals surface area contributed by atoms with E-state index in [-0.39, 0.29) is 11.3 Å². The lowest BCUT2D eigenvalue weighted by Gasteiger charge is -2.31. The average Bonchev–Trinajstić information content (AvgIpc) is 2.51. The summed E-state index contributed by atoms with van der Waals surface area (Å²) >= 11 is 0. The van der Waals surface area contributed by atoms with Crippen LogP contribution in [-0.2, 0) is 0 Å². The molecule has 4 heteroatoms. The van der Waals surface area contributed by atoms with Crippen molar-refractivity contribution < 1.29 is 4.79 Å². The van der Waals surface area contributed by atoms with Crippen LogP contribution in [0.2, 0.25) is 0 Å². The summed E-state index contributed by atoms with van der Waals surface area (Å²) in [5.74, 6) is 0.0170. The number of hydrogen-bond donors (Lipinski definition) is 1. The molecule has 2 aromatic rings. The Kier molecular flexibility index (Phi) is 4.58. The first-order valence-electron chi connectivity index (χ1n) is 7.31. The summed E-state index contributed by atoms with van der Waals surface area (Å²) in [6.45, 7) is 7.98. The van der Waals surface area contributed by atoms with E-state index < -0.39 is 0 Å². The highest BCUT2D eigenvalue weighted by atomic mass is 16.2. The molecule has 0 radical (unpaired) electrons. The lowest BCUT2D eigenvalue weighted by atomic mass is 9.92. The van der Waals surface area contributed by atoms with Gasteiger partial charge in [-0.3, -0.25) is 9.78 Å². The lowest BCUT2D eigenvalue weighted by molar-refractivity contribution is 0.0702. The van der Waals surface area contributed by atoms with Crippen molar-refractivity contribution >= 4 is 16.8 Å². The van der Waals surface area contributed by atoms with Gasteiger partial charge in [0.05, 0.1) is 11.1 Å². The molecule has 1 aromatic carbocycles. The fourth-order valence-corrected chi connectivity index (χ4v) is 2.36. The molecule has 0 bridgehead atoms. The van der Waals surface area contributed by atoms with E-state index in [0.717, 1.165) is 10.9 Å². The number of para-hydroxylation sites is 1. The Hall–Kier alpha value is -1.94. The maximum absolute atomic E-state index is 12.8. The van der Waals surface area contributed by atoms with Crippen LogP contribution in [0.25, 0.3) is 10.9 Å². The van der Waals surface area contributed by atoms with Gasteiger partial charge in [0, 0.05) is 24.7 Å². The van der Waals surface area contributed by atoms with Gasteiger partial charge in [0.25, 0.3) is 5.91 Å². The van der Waals surface area contributed by atoms with Gasteiger partial charge in [-0.2, -0.15) is 0 Å². The number of nitrogens with two attached hydrogens (primary N) is 1. The fraction of sp³-hybridized carbons (Fsp3) is 0.412. The van der Waals surface area contributed by atoms with Crippen molar-refractivity contribution in [1.29, 1.82) is 0 Å². The van der Waals surface area contributed by atoms with E-state index >= 15 is 0 Å². The second-order valence-electron chi connectivity index (χ2n) is 6.07. The largest absolute Gasteiger partial charge is 0.338 e. The van der Waals surface area contributed by atoms with Gasteiger partial charge < -0.3 is 10.6 Å². The summed E-state index contributed by atoms with van der Waals surface area (Å²) in [5, 5.41) is 0.984. The number of amides is 1. The number of carbonyl (C=O) groups excluding carboxylic acids is 1. The molecule has 2 rings (SSSR count). The second kappa shape index (κ2) is 6.22. The predicted molar refractivity (Wildman–Crippen MR) is 86.2 cm³/mol. The number of rotatable bonds is 5. The summed E-state index contributed by atoms with van der Waals surface area (Å²) in [6.07, 6.45) is 1.72. The quantitative estimate of drug-likeness (QED) is 0.919. The van der Waals surface area contributed by atoms with Crippen LogP contribution in [0.15, 0.2) is 36.5 Å². The highest BCUT2D eigenvalue weighted by molar-refractivity contribution is 6.05. The number of pyridine rings is 1. The van der Waals surface area contributed by atoms with Crippen molar-refractivity contribution in [1.82, 2.24) is 9.88 Å². The number of carbonyl (C=O) groups is 1. The number of aromatic nitrogens is 1. The van der Waals surface area contributed by atoms with Crippen molar-refractivity contribution in [3.8, 4) is 0 Å². The minimum Gasteiger partial charge on any atom is -0.338 e. The summed E-state index contributed by atoms with van der Waals surface area (Å²) in [6, 6.07) is 9.57. The predicted octanol–water partition coefficient (Wildman–Crippen LogP) is 2.68. The maximum atomic E-state index is 12.8. The molecular weight excluding hydrogens is 262 g/mol. The zero-order valence-corrected chi connectivity index (χ0v) is 13.0. The van der Waals surface area contributed by atoms with E-state index in [1.807, 2.05) is 42.2 Å². The van der Waals surface area contributed by atoms with Crippen LogP contribution in [0.3, 0.4) is 0 Å². The molecule has 2 N–H and O–H groups in total. The van der Waals surface area contributed by atoms with Crippen LogP contribution in [-0.4, -0.2) is 35.4 Å². The normalized spacial score (nSPS) is 11.6. The first kappa shape index (κ1) is 15.4. The molecule has 0 saturated carbocycles. The van der Waals surface area contributed by atoms with Crippen LogP contribution in [0, 0.1) is 5.41 Å². The fourth-order valence-electron chi connectivity index (χ4n) is 2.36. The third-order valence-corrected chi connectivity index (χ3v) is 3.70. The Bertz CT molecular complexity index is 631. The van der Waals surface area contributed by atoms with Gasteiger partial charge in [0.15, 0.2) is 0 Å². The minimum atomic E-state index is -0.0936. The van der Waals surface area contributed by atoms with Gasteiger partial charge in [-0.15, -0.1) is 0 Å². The maximum Gasteiger partial charge on any atom is 0.256 e. The molecule has 21 heavy (non-hydrogen) atoms. The van der Waals surface area contributed by atoms with Crippen LogP contribution in [0.4, 0.5) is 0 Å². The molecule has 0 fully saturated rings. The summed E-state index contributed by atoms with van der Waals surface area (Å²) in [4.78, 5) is 19.0. The molecule has 112 valence electrons. The van der Waals surface area contributed by atoms with Gasteiger partial charge >= 0.3 is 0 Å². The van der Waals surface area contributed by atoms with Gasteiger partial charge in [0.2, 0.25) is 0 Å². The van der Waals surface area contributed by atoms with Gasteiger partial charge in [-0.05, 0) is 31.0 Å². The van der Waals surface area contributed by atoms with Crippen molar-refractivity contribution in [2.75, 3.05) is 19.6 Å². The number of benzene rings is 1. The van der Waals surface area contributed by atoms with Gasteiger partial charge in [-0.1, -0.05) is 32.0 Å². The summed E-state index contributed by atoms with van der Waals surface area (Å²) in [5.41, 5.74) is 7.11. The standard InChI is InChI=1S/C17H23N3O/c1-4-20(12-17(2,3)11-18)16(21)14-9-5-7-13-8-6-10-19-15(13)14/h5-10H,4,11-12,18H2,1-3H3. The van der Waals surface area contributed by atoms with Crippen LogP contribution in [0.5, 0.6) is 0 Å². The van der Waals surface area contributed by atoms with Crippen molar-refractivity contribution in [3.05, 3.63) is 42.1 Å². The topological polar surface area (TPSA) is 59.2 Å². The van der Waals surface area contributed by atoms with Crippen LogP contribution >= 0.6 is 0 Å². The first-order chi connectivity index (χ1) is 9.98. The molecule has 1 heterocycles. The highest BCUT2D eigenvalue weighted by Gasteiger charge is 2.24. The highest BCUT2D eigenvalue weighted by Crippen LogP contribution is 2.21. The summed E-state index contributed by atoms with van der Waals surface area (Å²) in [7, 11) is 0. The second-order valence-corrected chi connectivity index (χ2v) is 6.07. The van der Waals surface area contributed by atoms with E-state index in [4.69, 9.17) is 5.73 Å². The van der Waals surface area contributed by atoms with Gasteiger partial charge in [-0.25, -0.2) is 0 Å². The molecule has 0 saturated heterocycles. The molecule has 0 unspecified atom stereocenters. The molecule has 0 aliphatic heterocycles. The van der Waals surface area contributed by atoms with Crippen molar-refractivity contribution in [3.63, 3.8) is 0 Å². The molecule has 1 aromatic heterocycles. The van der Waals surface area contributed by atoms with E-state index in [2.05, 4.69) is 18.8 Å². The monoisotopic (exact) mass is 285 g/mol. The van der Waals surface area contributed by atoms with E-state index in [9.17, 15) is 4.79 Å². The number of nitrogens with zero attached hydrogens (tertiary/aromatic N) is 2. The third-order valence-electron chi connectivity index (χ3n) is 3.70. The molecule has 4 nitrogen and oxygen atoms in total. The Morgan fingerprint density at radius 2 is 2.00 bits per heavy atom. The Morgan fingerprint density at radius 1 is 1.29 bits per heavy atom. The first-order valence-corrected chi connectivity index (χ1v) is 7.31. The molecule has 0 aliphatic rings. The Morgan fingerprint density at radius 3 is 2.67 bits per heavy atom. The average molecular weight is 285 g/mol. The minimum absolute atomic E-state index is 0.0170. The van der Waals surface area contributed by atoms with E-state index in [1.165, 1.54) is 0 Å². The van der Waals surface area contributed by atoms with Crippen LogP contribution < -0.4 is 5.73 Å². The molecule has 1 amide bonds. The molecule has 0 spiro atoms. The molecule has 0 atom stereocenters.